The van der Waals surface area contributed by atoms with Gasteiger partial charge in [-0.3, -0.25) is 4.79 Å². The summed E-state index contributed by atoms with van der Waals surface area (Å²) in [7, 11) is 0. The lowest BCUT2D eigenvalue weighted by molar-refractivity contribution is -0.119. The van der Waals surface area contributed by atoms with Gasteiger partial charge in [-0.25, -0.2) is 0 Å². The summed E-state index contributed by atoms with van der Waals surface area (Å²) in [6, 6.07) is 7.57. The minimum absolute atomic E-state index is 0.0187. The number of carbonyl (C=O) groups is 1. The molecule has 5 heteroatoms. The molecule has 4 nitrogen and oxygen atoms in total. The van der Waals surface area contributed by atoms with Crippen molar-refractivity contribution in [3.05, 3.63) is 24.3 Å². The molecular formula is C17H27N3OS. The molecule has 0 aliphatic heterocycles. The maximum atomic E-state index is 12.1. The summed E-state index contributed by atoms with van der Waals surface area (Å²) in [5.41, 5.74) is 1.53. The number of thiocarbonyl (C=S) groups is 1. The van der Waals surface area contributed by atoms with E-state index in [1.165, 1.54) is 0 Å². The zero-order valence-corrected chi connectivity index (χ0v) is 14.9. The maximum Gasteiger partial charge on any atom is 0.227 e. The van der Waals surface area contributed by atoms with E-state index in [2.05, 4.69) is 22.9 Å². The molecule has 0 bridgehead atoms. The smallest absolute Gasteiger partial charge is 0.227 e. The third-order valence-electron chi connectivity index (χ3n) is 3.05. The molecular weight excluding hydrogens is 294 g/mol. The van der Waals surface area contributed by atoms with Gasteiger partial charge >= 0.3 is 0 Å². The Kier molecular flexibility index (Phi) is 6.81. The van der Waals surface area contributed by atoms with Crippen LogP contribution >= 0.6 is 12.2 Å². The summed E-state index contributed by atoms with van der Waals surface area (Å²) < 4.78 is 0. The number of hydrogen-bond donors (Lipinski definition) is 3. The van der Waals surface area contributed by atoms with Crippen LogP contribution in [0, 0.1) is 5.92 Å². The Morgan fingerprint density at radius 1 is 1.23 bits per heavy atom. The molecule has 1 amide bonds. The third-order valence-corrected chi connectivity index (χ3v) is 3.25. The average molecular weight is 321 g/mol. The largest absolute Gasteiger partial charge is 0.358 e. The maximum absolute atomic E-state index is 12.1. The highest BCUT2D eigenvalue weighted by atomic mass is 32.1. The Bertz CT molecular complexity index is 523. The molecule has 1 aromatic rings. The molecule has 1 atom stereocenters. The van der Waals surface area contributed by atoms with Gasteiger partial charge in [-0.1, -0.05) is 26.3 Å². The van der Waals surface area contributed by atoms with E-state index >= 15 is 0 Å². The van der Waals surface area contributed by atoms with Crippen LogP contribution in [-0.4, -0.2) is 16.6 Å². The Morgan fingerprint density at radius 3 is 2.36 bits per heavy atom. The first kappa shape index (κ1) is 18.4. The highest BCUT2D eigenvalue weighted by Gasteiger charge is 2.13. The predicted molar refractivity (Wildman–Crippen MR) is 98.3 cm³/mol. The van der Waals surface area contributed by atoms with Gasteiger partial charge in [0.2, 0.25) is 5.91 Å². The lowest BCUT2D eigenvalue weighted by Crippen LogP contribution is -2.42. The highest BCUT2D eigenvalue weighted by Crippen LogP contribution is 2.17. The normalized spacial score (nSPS) is 12.4. The summed E-state index contributed by atoms with van der Waals surface area (Å²) in [5, 5.41) is 9.84. The Hall–Kier alpha value is -1.62. The SMILES string of the molecule is CCCC(C)C(=O)Nc1cccc(NC(=S)NC(C)(C)C)c1. The van der Waals surface area contributed by atoms with Crippen LogP contribution in [0.5, 0.6) is 0 Å². The molecule has 1 unspecified atom stereocenters. The molecule has 0 radical (unpaired) electrons. The second kappa shape index (κ2) is 8.13. The first-order chi connectivity index (χ1) is 10.2. The van der Waals surface area contributed by atoms with Gasteiger partial charge in [-0.15, -0.1) is 0 Å². The molecule has 0 aliphatic rings. The van der Waals surface area contributed by atoms with Crippen LogP contribution in [0.2, 0.25) is 0 Å². The van der Waals surface area contributed by atoms with Crippen molar-refractivity contribution in [2.24, 2.45) is 5.92 Å². The zero-order chi connectivity index (χ0) is 16.8. The summed E-state index contributed by atoms with van der Waals surface area (Å²) in [6.45, 7) is 10.2. The molecule has 0 saturated heterocycles. The minimum atomic E-state index is -0.0918. The van der Waals surface area contributed by atoms with Crippen LogP contribution in [0.15, 0.2) is 24.3 Å². The first-order valence-corrected chi connectivity index (χ1v) is 8.12. The molecule has 1 rings (SSSR count). The minimum Gasteiger partial charge on any atom is -0.358 e. The molecule has 3 N–H and O–H groups in total. The lowest BCUT2D eigenvalue weighted by atomic mass is 10.1. The molecule has 0 spiro atoms. The molecule has 1 aromatic carbocycles. The van der Waals surface area contributed by atoms with Gasteiger partial charge in [-0.2, -0.15) is 0 Å². The van der Waals surface area contributed by atoms with Crippen molar-refractivity contribution in [1.29, 1.82) is 0 Å². The average Bonchev–Trinajstić information content (AvgIpc) is 2.36. The molecule has 122 valence electrons. The van der Waals surface area contributed by atoms with Crippen molar-refractivity contribution in [3.63, 3.8) is 0 Å². The van der Waals surface area contributed by atoms with E-state index in [4.69, 9.17) is 12.2 Å². The van der Waals surface area contributed by atoms with Crippen LogP contribution < -0.4 is 16.0 Å². The van der Waals surface area contributed by atoms with E-state index < -0.39 is 0 Å². The molecule has 0 aromatic heterocycles. The van der Waals surface area contributed by atoms with Crippen molar-refractivity contribution < 1.29 is 4.79 Å². The Balaban J connectivity index is 2.66. The Labute approximate surface area is 139 Å². The van der Waals surface area contributed by atoms with Crippen molar-refractivity contribution >= 4 is 34.6 Å². The molecule has 0 aliphatic carbocycles. The topological polar surface area (TPSA) is 53.2 Å². The van der Waals surface area contributed by atoms with E-state index in [9.17, 15) is 4.79 Å². The second-order valence-electron chi connectivity index (χ2n) is 6.59. The number of rotatable bonds is 5. The number of hydrogen-bond acceptors (Lipinski definition) is 2. The van der Waals surface area contributed by atoms with Gasteiger partial charge in [0.15, 0.2) is 5.11 Å². The van der Waals surface area contributed by atoms with Crippen molar-refractivity contribution in [1.82, 2.24) is 5.32 Å². The predicted octanol–water partition coefficient (Wildman–Crippen LogP) is 4.15. The van der Waals surface area contributed by atoms with Gasteiger partial charge in [-0.05, 0) is 57.6 Å². The van der Waals surface area contributed by atoms with Crippen molar-refractivity contribution in [2.45, 2.75) is 53.0 Å². The van der Waals surface area contributed by atoms with E-state index in [1.807, 2.05) is 52.0 Å². The monoisotopic (exact) mass is 321 g/mol. The van der Waals surface area contributed by atoms with Gasteiger partial charge in [0.1, 0.15) is 0 Å². The van der Waals surface area contributed by atoms with Gasteiger partial charge < -0.3 is 16.0 Å². The summed E-state index contributed by atoms with van der Waals surface area (Å²) in [4.78, 5) is 12.1. The fourth-order valence-electron chi connectivity index (χ4n) is 2.01. The lowest BCUT2D eigenvalue weighted by Gasteiger charge is -2.23. The van der Waals surface area contributed by atoms with Crippen LogP contribution in [0.1, 0.15) is 47.5 Å². The van der Waals surface area contributed by atoms with E-state index in [0.717, 1.165) is 24.2 Å². The first-order valence-electron chi connectivity index (χ1n) is 7.71. The second-order valence-corrected chi connectivity index (χ2v) is 7.00. The van der Waals surface area contributed by atoms with Crippen molar-refractivity contribution in [3.8, 4) is 0 Å². The standard InChI is InChI=1S/C17H27N3OS/c1-6-8-12(2)15(21)18-13-9-7-10-14(11-13)19-16(22)20-17(3,4)5/h7,9-12H,6,8H2,1-5H3,(H,18,21)(H2,19,20,22). The highest BCUT2D eigenvalue weighted by molar-refractivity contribution is 7.80. The van der Waals surface area contributed by atoms with E-state index in [-0.39, 0.29) is 17.4 Å². The van der Waals surface area contributed by atoms with E-state index in [1.54, 1.807) is 0 Å². The molecule has 22 heavy (non-hydrogen) atoms. The summed E-state index contributed by atoms with van der Waals surface area (Å²) in [5.74, 6) is 0.0691. The van der Waals surface area contributed by atoms with Gasteiger partial charge in [0, 0.05) is 22.8 Å². The summed E-state index contributed by atoms with van der Waals surface area (Å²) >= 11 is 5.28. The van der Waals surface area contributed by atoms with Crippen LogP contribution in [0.3, 0.4) is 0 Å². The van der Waals surface area contributed by atoms with Crippen molar-refractivity contribution in [2.75, 3.05) is 10.6 Å². The number of carbonyl (C=O) groups excluding carboxylic acids is 1. The fourth-order valence-corrected chi connectivity index (χ4v) is 2.43. The molecule has 0 saturated carbocycles. The fraction of sp³-hybridized carbons (Fsp3) is 0.529. The van der Waals surface area contributed by atoms with Gasteiger partial charge in [0.25, 0.3) is 0 Å². The number of nitrogens with one attached hydrogen (secondary N) is 3. The van der Waals surface area contributed by atoms with E-state index in [0.29, 0.717) is 5.11 Å². The number of amides is 1. The summed E-state index contributed by atoms with van der Waals surface area (Å²) in [6.07, 6.45) is 1.90. The van der Waals surface area contributed by atoms with Gasteiger partial charge in [0.05, 0.1) is 0 Å². The number of anilines is 2. The third kappa shape index (κ3) is 6.89. The zero-order valence-electron chi connectivity index (χ0n) is 14.1. The van der Waals surface area contributed by atoms with Crippen LogP contribution in [-0.2, 0) is 4.79 Å². The van der Waals surface area contributed by atoms with Crippen LogP contribution in [0.25, 0.3) is 0 Å². The quantitative estimate of drug-likeness (QED) is 0.713. The molecule has 0 fully saturated rings. The number of benzene rings is 1. The Morgan fingerprint density at radius 2 is 1.82 bits per heavy atom. The molecule has 0 heterocycles. The van der Waals surface area contributed by atoms with Crippen LogP contribution in [0.4, 0.5) is 11.4 Å².